The monoisotopic (exact) mass is 469 g/mol. The van der Waals surface area contributed by atoms with Crippen LogP contribution in [0.15, 0.2) is 108 Å². The minimum atomic E-state index is -3.80. The lowest BCUT2D eigenvalue weighted by molar-refractivity contribution is 0.0942. The molecule has 1 atom stereocenters. The summed E-state index contributed by atoms with van der Waals surface area (Å²) in [5, 5.41) is 3.05. The van der Waals surface area contributed by atoms with Gasteiger partial charge >= 0.3 is 0 Å². The van der Waals surface area contributed by atoms with Crippen LogP contribution in [0.25, 0.3) is 0 Å². The number of sulfonamides is 1. The van der Waals surface area contributed by atoms with Crippen LogP contribution >= 0.6 is 0 Å². The molecule has 0 bridgehead atoms. The van der Waals surface area contributed by atoms with Crippen molar-refractivity contribution < 1.29 is 13.2 Å². The van der Waals surface area contributed by atoms with Crippen LogP contribution in [-0.4, -0.2) is 25.9 Å². The average molecular weight is 470 g/mol. The van der Waals surface area contributed by atoms with Gasteiger partial charge in [0.05, 0.1) is 16.6 Å². The Labute approximate surface area is 199 Å². The van der Waals surface area contributed by atoms with Gasteiger partial charge in [0.25, 0.3) is 15.9 Å². The molecule has 0 aliphatic carbocycles. The second-order valence-electron chi connectivity index (χ2n) is 8.08. The molecule has 2 heterocycles. The van der Waals surface area contributed by atoms with Crippen LogP contribution in [0.2, 0.25) is 0 Å². The molecule has 0 fully saturated rings. The molecule has 1 amide bonds. The molecule has 0 radical (unpaired) electrons. The van der Waals surface area contributed by atoms with Crippen LogP contribution in [-0.2, 0) is 16.4 Å². The van der Waals surface area contributed by atoms with Crippen molar-refractivity contribution in [1.29, 1.82) is 0 Å². The number of carbonyl (C=O) groups is 1. The molecular weight excluding hydrogens is 446 g/mol. The van der Waals surface area contributed by atoms with Crippen LogP contribution in [0.5, 0.6) is 0 Å². The van der Waals surface area contributed by atoms with Crippen molar-refractivity contribution in [3.05, 3.63) is 126 Å². The standard InChI is InChI=1S/C27H23N3O3S/c31-27(29-26(21-8-2-1-3-9-21)22-13-16-28-17-14-22)23-10-6-11-24(19-23)34(32,33)30-18-15-20-7-4-5-12-25(20)30/h1-14,16-17,19,26H,15,18H2,(H,29,31)/t26-/m1/s1. The number of anilines is 1. The van der Waals surface area contributed by atoms with E-state index in [2.05, 4.69) is 10.3 Å². The third kappa shape index (κ3) is 4.18. The van der Waals surface area contributed by atoms with Crippen LogP contribution in [0.4, 0.5) is 5.69 Å². The van der Waals surface area contributed by atoms with Crippen LogP contribution in [0.1, 0.15) is 33.1 Å². The van der Waals surface area contributed by atoms with E-state index in [9.17, 15) is 13.2 Å². The van der Waals surface area contributed by atoms with Gasteiger partial charge in [-0.25, -0.2) is 8.42 Å². The lowest BCUT2D eigenvalue weighted by atomic mass is 9.99. The van der Waals surface area contributed by atoms with E-state index in [0.717, 1.165) is 16.7 Å². The number of hydrogen-bond acceptors (Lipinski definition) is 4. The highest BCUT2D eigenvalue weighted by Gasteiger charge is 2.31. The van der Waals surface area contributed by atoms with E-state index in [1.807, 2.05) is 66.7 Å². The molecule has 1 aliphatic rings. The first kappa shape index (κ1) is 21.9. The summed E-state index contributed by atoms with van der Waals surface area (Å²) in [6.07, 6.45) is 4.03. The third-order valence-electron chi connectivity index (χ3n) is 5.98. The van der Waals surface area contributed by atoms with Crippen LogP contribution in [0, 0.1) is 0 Å². The molecule has 1 N–H and O–H groups in total. The minimum absolute atomic E-state index is 0.0945. The summed E-state index contributed by atoms with van der Waals surface area (Å²) in [5.74, 6) is -0.357. The largest absolute Gasteiger partial charge is 0.341 e. The Morgan fingerprint density at radius 2 is 1.56 bits per heavy atom. The van der Waals surface area contributed by atoms with Crippen molar-refractivity contribution >= 4 is 21.6 Å². The maximum absolute atomic E-state index is 13.4. The molecule has 5 rings (SSSR count). The Hall–Kier alpha value is -3.97. The second kappa shape index (κ2) is 9.11. The van der Waals surface area contributed by atoms with Gasteiger partial charge in [0, 0.05) is 24.5 Å². The van der Waals surface area contributed by atoms with E-state index in [-0.39, 0.29) is 16.4 Å². The second-order valence-corrected chi connectivity index (χ2v) is 9.94. The number of rotatable bonds is 6. The number of nitrogens with one attached hydrogen (secondary N) is 1. The van der Waals surface area contributed by atoms with Gasteiger partial charge in [0.1, 0.15) is 0 Å². The minimum Gasteiger partial charge on any atom is -0.341 e. The van der Waals surface area contributed by atoms with Gasteiger partial charge < -0.3 is 5.32 Å². The molecule has 0 spiro atoms. The summed E-state index contributed by atoms with van der Waals surface area (Å²) in [6, 6.07) is 26.6. The number of hydrogen-bond donors (Lipinski definition) is 1. The van der Waals surface area contributed by atoms with Gasteiger partial charge in [-0.15, -0.1) is 0 Å². The summed E-state index contributed by atoms with van der Waals surface area (Å²) in [6.45, 7) is 0.385. The van der Waals surface area contributed by atoms with E-state index < -0.39 is 16.1 Å². The molecule has 0 saturated heterocycles. The van der Waals surface area contributed by atoms with Crippen molar-refractivity contribution in [2.45, 2.75) is 17.4 Å². The maximum atomic E-state index is 13.4. The number of fused-ring (bicyclic) bond motifs is 1. The molecule has 1 aliphatic heterocycles. The first-order chi connectivity index (χ1) is 16.5. The molecule has 170 valence electrons. The Balaban J connectivity index is 1.44. The summed E-state index contributed by atoms with van der Waals surface area (Å²) in [4.78, 5) is 17.4. The van der Waals surface area contributed by atoms with Gasteiger partial charge in [-0.2, -0.15) is 0 Å². The normalized spacial score (nSPS) is 13.8. The zero-order valence-electron chi connectivity index (χ0n) is 18.3. The summed E-state index contributed by atoms with van der Waals surface area (Å²) < 4.78 is 28.3. The summed E-state index contributed by atoms with van der Waals surface area (Å²) >= 11 is 0. The molecule has 6 nitrogen and oxygen atoms in total. The molecule has 0 saturated carbocycles. The van der Waals surface area contributed by atoms with Gasteiger partial charge in [-0.05, 0) is 59.5 Å². The first-order valence-corrected chi connectivity index (χ1v) is 12.4. The predicted molar refractivity (Wildman–Crippen MR) is 131 cm³/mol. The van der Waals surface area contributed by atoms with Gasteiger partial charge in [0.15, 0.2) is 0 Å². The van der Waals surface area contributed by atoms with Gasteiger partial charge in [-0.1, -0.05) is 54.6 Å². The SMILES string of the molecule is O=C(N[C@H](c1ccccc1)c1ccncc1)c1cccc(S(=O)(=O)N2CCc3ccccc32)c1. The Kier molecular flexibility index (Phi) is 5.86. The van der Waals surface area contributed by atoms with Crippen LogP contribution in [0.3, 0.4) is 0 Å². The lowest BCUT2D eigenvalue weighted by Crippen LogP contribution is -2.31. The Morgan fingerprint density at radius 1 is 0.853 bits per heavy atom. The van der Waals surface area contributed by atoms with Gasteiger partial charge in [0.2, 0.25) is 0 Å². The van der Waals surface area contributed by atoms with E-state index in [0.29, 0.717) is 18.7 Å². The quantitative estimate of drug-likeness (QED) is 0.455. The number of carbonyl (C=O) groups excluding carboxylic acids is 1. The molecule has 0 unspecified atom stereocenters. The van der Waals surface area contributed by atoms with Gasteiger partial charge in [-0.3, -0.25) is 14.1 Å². The Bertz CT molecular complexity index is 1380. The van der Waals surface area contributed by atoms with Crippen LogP contribution < -0.4 is 9.62 Å². The van der Waals surface area contributed by atoms with Crippen molar-refractivity contribution in [3.63, 3.8) is 0 Å². The highest BCUT2D eigenvalue weighted by Crippen LogP contribution is 2.33. The molecule has 34 heavy (non-hydrogen) atoms. The summed E-state index contributed by atoms with van der Waals surface area (Å²) in [7, 11) is -3.80. The highest BCUT2D eigenvalue weighted by molar-refractivity contribution is 7.92. The fourth-order valence-electron chi connectivity index (χ4n) is 4.26. The molecule has 4 aromatic rings. The van der Waals surface area contributed by atoms with Crippen molar-refractivity contribution in [1.82, 2.24) is 10.3 Å². The van der Waals surface area contributed by atoms with E-state index >= 15 is 0 Å². The Morgan fingerprint density at radius 3 is 2.35 bits per heavy atom. The topological polar surface area (TPSA) is 79.4 Å². The smallest absolute Gasteiger partial charge is 0.264 e. The fourth-order valence-corrected chi connectivity index (χ4v) is 5.81. The molecular formula is C27H23N3O3S. The predicted octanol–water partition coefficient (Wildman–Crippen LogP) is 4.35. The lowest BCUT2D eigenvalue weighted by Gasteiger charge is -2.21. The number of nitrogens with zero attached hydrogens (tertiary/aromatic N) is 2. The number of benzene rings is 3. The number of pyridine rings is 1. The zero-order chi connectivity index (χ0) is 23.5. The van der Waals surface area contributed by atoms with Crippen molar-refractivity contribution in [2.75, 3.05) is 10.8 Å². The zero-order valence-corrected chi connectivity index (χ0v) is 19.2. The first-order valence-electron chi connectivity index (χ1n) is 11.0. The number of aromatic nitrogens is 1. The molecule has 3 aromatic carbocycles. The number of amides is 1. The fraction of sp³-hybridized carbons (Fsp3) is 0.111. The van der Waals surface area contributed by atoms with E-state index in [1.54, 1.807) is 24.5 Å². The maximum Gasteiger partial charge on any atom is 0.264 e. The average Bonchev–Trinajstić information content (AvgIpc) is 3.33. The third-order valence-corrected chi connectivity index (χ3v) is 7.79. The van der Waals surface area contributed by atoms with E-state index in [1.165, 1.54) is 16.4 Å². The molecule has 7 heteroatoms. The highest BCUT2D eigenvalue weighted by atomic mass is 32.2. The van der Waals surface area contributed by atoms with E-state index in [4.69, 9.17) is 0 Å². The summed E-state index contributed by atoms with van der Waals surface area (Å²) in [5.41, 5.74) is 3.78. The molecule has 1 aromatic heterocycles. The number of para-hydroxylation sites is 1. The van der Waals surface area contributed by atoms with Crippen molar-refractivity contribution in [2.24, 2.45) is 0 Å². The van der Waals surface area contributed by atoms with Crippen molar-refractivity contribution in [3.8, 4) is 0 Å².